The van der Waals surface area contributed by atoms with Crippen molar-refractivity contribution in [3.63, 3.8) is 0 Å². The number of nitrogens with zero attached hydrogens (tertiary/aromatic N) is 2. The number of nitrogens with two attached hydrogens (primary N) is 1. The van der Waals surface area contributed by atoms with E-state index in [0.717, 1.165) is 11.3 Å². The molecule has 1 atom stereocenters. The van der Waals surface area contributed by atoms with Gasteiger partial charge in [-0.3, -0.25) is 0 Å². The molecule has 0 aliphatic rings. The lowest BCUT2D eigenvalue weighted by atomic mass is 10.0. The molecule has 3 N–H and O–H groups in total. The molecule has 2 rings (SSSR count). The van der Waals surface area contributed by atoms with Gasteiger partial charge in [0.1, 0.15) is 5.75 Å². The summed E-state index contributed by atoms with van der Waals surface area (Å²) in [7, 11) is 0. The molecule has 108 valence electrons. The van der Waals surface area contributed by atoms with Gasteiger partial charge in [-0.15, -0.1) is 0 Å². The van der Waals surface area contributed by atoms with E-state index in [0.29, 0.717) is 18.3 Å². The Bertz CT molecular complexity index is 566. The number of hydrogen-bond donors (Lipinski definition) is 2. The SMILES string of the molecule is CCOc1cccc(-c2noc(CC(C)(O)CN)n2)c1. The predicted molar refractivity (Wildman–Crippen MR) is 74.3 cm³/mol. The Balaban J connectivity index is 2.18. The van der Waals surface area contributed by atoms with Crippen molar-refractivity contribution in [1.29, 1.82) is 0 Å². The van der Waals surface area contributed by atoms with Crippen molar-refractivity contribution in [2.45, 2.75) is 25.9 Å². The molecule has 6 nitrogen and oxygen atoms in total. The van der Waals surface area contributed by atoms with E-state index in [4.69, 9.17) is 15.0 Å². The fraction of sp³-hybridized carbons (Fsp3) is 0.429. The van der Waals surface area contributed by atoms with Crippen LogP contribution in [0.1, 0.15) is 19.7 Å². The molecule has 0 radical (unpaired) electrons. The molecule has 0 aliphatic heterocycles. The Labute approximate surface area is 117 Å². The van der Waals surface area contributed by atoms with Crippen LogP contribution in [0.4, 0.5) is 0 Å². The van der Waals surface area contributed by atoms with Gasteiger partial charge < -0.3 is 20.1 Å². The van der Waals surface area contributed by atoms with Gasteiger partial charge in [0, 0.05) is 12.1 Å². The molecule has 1 unspecified atom stereocenters. The van der Waals surface area contributed by atoms with E-state index < -0.39 is 5.60 Å². The zero-order valence-electron chi connectivity index (χ0n) is 11.7. The first-order valence-corrected chi connectivity index (χ1v) is 6.52. The number of hydrogen-bond acceptors (Lipinski definition) is 6. The highest BCUT2D eigenvalue weighted by Crippen LogP contribution is 2.22. The second-order valence-electron chi connectivity index (χ2n) is 4.85. The highest BCUT2D eigenvalue weighted by molar-refractivity contribution is 5.56. The van der Waals surface area contributed by atoms with Crippen LogP contribution >= 0.6 is 0 Å². The summed E-state index contributed by atoms with van der Waals surface area (Å²) in [4.78, 5) is 4.27. The lowest BCUT2D eigenvalue weighted by Gasteiger charge is -2.17. The van der Waals surface area contributed by atoms with Crippen LogP contribution in [0.15, 0.2) is 28.8 Å². The van der Waals surface area contributed by atoms with Gasteiger partial charge in [0.2, 0.25) is 11.7 Å². The quantitative estimate of drug-likeness (QED) is 0.828. The zero-order valence-corrected chi connectivity index (χ0v) is 11.7. The molecule has 6 heteroatoms. The van der Waals surface area contributed by atoms with E-state index in [1.807, 2.05) is 31.2 Å². The summed E-state index contributed by atoms with van der Waals surface area (Å²) < 4.78 is 10.6. The minimum absolute atomic E-state index is 0.130. The van der Waals surface area contributed by atoms with Crippen LogP contribution in [0.25, 0.3) is 11.4 Å². The van der Waals surface area contributed by atoms with E-state index in [1.165, 1.54) is 0 Å². The molecular weight excluding hydrogens is 258 g/mol. The Kier molecular flexibility index (Phi) is 4.36. The van der Waals surface area contributed by atoms with E-state index in [1.54, 1.807) is 6.92 Å². The number of rotatable bonds is 6. The van der Waals surface area contributed by atoms with Crippen molar-refractivity contribution in [2.75, 3.05) is 13.2 Å². The highest BCUT2D eigenvalue weighted by Gasteiger charge is 2.22. The van der Waals surface area contributed by atoms with Crippen molar-refractivity contribution < 1.29 is 14.4 Å². The van der Waals surface area contributed by atoms with E-state index >= 15 is 0 Å². The molecule has 0 fully saturated rings. The molecule has 1 heterocycles. The van der Waals surface area contributed by atoms with Crippen molar-refractivity contribution in [3.05, 3.63) is 30.2 Å². The molecule has 0 aliphatic carbocycles. The normalized spacial score (nSPS) is 14.0. The largest absolute Gasteiger partial charge is 0.494 e. The summed E-state index contributed by atoms with van der Waals surface area (Å²) >= 11 is 0. The summed E-state index contributed by atoms with van der Waals surface area (Å²) in [6, 6.07) is 7.46. The second kappa shape index (κ2) is 6.02. The monoisotopic (exact) mass is 277 g/mol. The molecule has 0 saturated heterocycles. The minimum atomic E-state index is -1.04. The van der Waals surface area contributed by atoms with Gasteiger partial charge in [-0.25, -0.2) is 0 Å². The molecule has 1 aromatic carbocycles. The average molecular weight is 277 g/mol. The summed E-state index contributed by atoms with van der Waals surface area (Å²) in [6.07, 6.45) is 0.224. The van der Waals surface area contributed by atoms with Crippen LogP contribution in [0, 0.1) is 0 Å². The third-order valence-corrected chi connectivity index (χ3v) is 2.84. The molecule has 0 saturated carbocycles. The summed E-state index contributed by atoms with van der Waals surface area (Å²) in [6.45, 7) is 4.28. The number of aromatic nitrogens is 2. The fourth-order valence-corrected chi connectivity index (χ4v) is 1.73. The van der Waals surface area contributed by atoms with Crippen molar-refractivity contribution >= 4 is 0 Å². The smallest absolute Gasteiger partial charge is 0.229 e. The molecule has 1 aromatic heterocycles. The van der Waals surface area contributed by atoms with Crippen LogP contribution < -0.4 is 10.5 Å². The maximum atomic E-state index is 9.90. The lowest BCUT2D eigenvalue weighted by Crippen LogP contribution is -2.36. The Hall–Kier alpha value is -1.92. The number of benzene rings is 1. The standard InChI is InChI=1S/C14H19N3O3/c1-3-19-11-6-4-5-10(7-11)13-16-12(20-17-13)8-14(2,18)9-15/h4-7,18H,3,8-9,15H2,1-2H3. The summed E-state index contributed by atoms with van der Waals surface area (Å²) in [5.74, 6) is 1.58. The Morgan fingerprint density at radius 2 is 2.25 bits per heavy atom. The van der Waals surface area contributed by atoms with E-state index in [-0.39, 0.29) is 13.0 Å². The fourth-order valence-electron chi connectivity index (χ4n) is 1.73. The third-order valence-electron chi connectivity index (χ3n) is 2.84. The molecular formula is C14H19N3O3. The number of aliphatic hydroxyl groups is 1. The summed E-state index contributed by atoms with van der Waals surface area (Å²) in [5.41, 5.74) is 5.23. The van der Waals surface area contributed by atoms with Gasteiger partial charge in [0.05, 0.1) is 18.6 Å². The second-order valence-corrected chi connectivity index (χ2v) is 4.85. The maximum absolute atomic E-state index is 9.90. The predicted octanol–water partition coefficient (Wildman–Crippen LogP) is 1.39. The van der Waals surface area contributed by atoms with E-state index in [9.17, 15) is 5.11 Å². The zero-order chi connectivity index (χ0) is 14.6. The average Bonchev–Trinajstić information content (AvgIpc) is 2.87. The van der Waals surface area contributed by atoms with Crippen LogP contribution in [0.2, 0.25) is 0 Å². The molecule has 0 spiro atoms. The van der Waals surface area contributed by atoms with Gasteiger partial charge in [0.15, 0.2) is 0 Å². The maximum Gasteiger partial charge on any atom is 0.229 e. The summed E-state index contributed by atoms with van der Waals surface area (Å²) in [5, 5.41) is 13.8. The molecule has 0 amide bonds. The van der Waals surface area contributed by atoms with Crippen LogP contribution in [-0.4, -0.2) is 34.0 Å². The van der Waals surface area contributed by atoms with E-state index in [2.05, 4.69) is 10.1 Å². The first-order chi connectivity index (χ1) is 9.54. The van der Waals surface area contributed by atoms with Crippen LogP contribution in [-0.2, 0) is 6.42 Å². The number of ether oxygens (including phenoxy) is 1. The molecule has 0 bridgehead atoms. The van der Waals surface area contributed by atoms with Gasteiger partial charge in [-0.05, 0) is 26.0 Å². The first-order valence-electron chi connectivity index (χ1n) is 6.52. The van der Waals surface area contributed by atoms with Gasteiger partial charge in [0.25, 0.3) is 0 Å². The molecule has 2 aromatic rings. The van der Waals surface area contributed by atoms with Gasteiger partial charge in [-0.1, -0.05) is 17.3 Å². The first kappa shape index (κ1) is 14.5. The molecule has 20 heavy (non-hydrogen) atoms. The topological polar surface area (TPSA) is 94.4 Å². The minimum Gasteiger partial charge on any atom is -0.494 e. The van der Waals surface area contributed by atoms with Crippen LogP contribution in [0.3, 0.4) is 0 Å². The Morgan fingerprint density at radius 1 is 1.45 bits per heavy atom. The highest BCUT2D eigenvalue weighted by atomic mass is 16.5. The van der Waals surface area contributed by atoms with Crippen molar-refractivity contribution in [3.8, 4) is 17.1 Å². The van der Waals surface area contributed by atoms with Crippen LogP contribution in [0.5, 0.6) is 5.75 Å². The van der Waals surface area contributed by atoms with Gasteiger partial charge in [-0.2, -0.15) is 4.98 Å². The van der Waals surface area contributed by atoms with Crippen molar-refractivity contribution in [1.82, 2.24) is 10.1 Å². The third kappa shape index (κ3) is 3.55. The van der Waals surface area contributed by atoms with Gasteiger partial charge >= 0.3 is 0 Å². The Morgan fingerprint density at radius 3 is 2.95 bits per heavy atom. The van der Waals surface area contributed by atoms with Crippen molar-refractivity contribution in [2.24, 2.45) is 5.73 Å². The lowest BCUT2D eigenvalue weighted by molar-refractivity contribution is 0.0610.